The van der Waals surface area contributed by atoms with Crippen molar-refractivity contribution in [3.8, 4) is 5.75 Å². The zero-order valence-electron chi connectivity index (χ0n) is 72.2. The fourth-order valence-corrected chi connectivity index (χ4v) is 15.8. The van der Waals surface area contributed by atoms with Gasteiger partial charge in [0, 0.05) is 146 Å². The van der Waals surface area contributed by atoms with Gasteiger partial charge in [-0.25, -0.2) is 19.4 Å². The number of carbonyl (C=O) groups excluding carboxylic acids is 10. The second-order valence-corrected chi connectivity index (χ2v) is 32.7. The fourth-order valence-electron chi connectivity index (χ4n) is 15.5. The van der Waals surface area contributed by atoms with E-state index in [1.807, 2.05) is 56.2 Å². The van der Waals surface area contributed by atoms with Gasteiger partial charge in [0.05, 0.1) is 84.6 Å². The number of carbonyl (C=O) groups is 11. The molecule has 35 heteroatoms. The number of ether oxygens (including phenoxy) is 9. The highest BCUT2D eigenvalue weighted by Crippen LogP contribution is 2.49. The number of pyridine rings is 1. The Hall–Kier alpha value is -9.81. The molecule has 9 rings (SSSR count). The number of alkyl carbamates (subject to hydrolysis) is 1. The molecule has 9 amide bonds. The van der Waals surface area contributed by atoms with Crippen LogP contribution in [0.4, 0.5) is 21.0 Å². The SMILES string of the molecule is CNCc1cc2cccnc2n1CCC(=O)N1CCC(NCCOCCOCCC(=O)N[C@H](C(=O)N[C@@H](C)C(=O)Nc2ccc(COC(=O)N3CCC(N(CCOCCOCCC(=O)O)C(=O)CCC(=O)N(C)[C@@H](C)C(=O)O[C@H]4CC(=O)N(C)c5cc(cc(OC)c5Cl)C/C(C)=C/C=C/CC5C[C@H](OC(=O)N5)[C@@H](C)C5O[C@]54C)CC3)cc2)C(C)C)CC1. The number of hydrogen-bond acceptors (Lipinski definition) is 23. The molecule has 4 fully saturated rings. The van der Waals surface area contributed by atoms with Crippen LogP contribution in [-0.2, 0) is 107 Å². The number of aryl methyl sites for hydroxylation is 1. The minimum Gasteiger partial charge on any atom is -0.495 e. The second kappa shape index (κ2) is 47.2. The van der Waals surface area contributed by atoms with Crippen LogP contribution in [0.1, 0.15) is 142 Å². The van der Waals surface area contributed by atoms with Gasteiger partial charge in [0.15, 0.2) is 0 Å². The number of likely N-dealkylation sites (tertiary alicyclic amines) is 2. The van der Waals surface area contributed by atoms with Gasteiger partial charge in [-0.3, -0.25) is 38.4 Å². The summed E-state index contributed by atoms with van der Waals surface area (Å²) in [4.78, 5) is 160. The van der Waals surface area contributed by atoms with Gasteiger partial charge in [0.25, 0.3) is 0 Å². The summed E-state index contributed by atoms with van der Waals surface area (Å²) >= 11 is 6.88. The number of benzene rings is 2. The van der Waals surface area contributed by atoms with Crippen LogP contribution in [0.2, 0.25) is 5.02 Å². The molecule has 0 saturated carbocycles. The Labute approximate surface area is 718 Å². The van der Waals surface area contributed by atoms with E-state index >= 15 is 0 Å². The third kappa shape index (κ3) is 28.1. The molecule has 5 aliphatic heterocycles. The number of rotatable bonds is 40. The van der Waals surface area contributed by atoms with Gasteiger partial charge in [0.1, 0.15) is 59.0 Å². The maximum Gasteiger partial charge on any atom is 0.410 e. The number of methoxy groups -OCH3 is 1. The molecule has 34 nitrogen and oxygen atoms in total. The number of piperidine rings is 2. The van der Waals surface area contributed by atoms with Crippen LogP contribution >= 0.6 is 11.6 Å². The summed E-state index contributed by atoms with van der Waals surface area (Å²) in [6, 6.07) is 12.8. The molecule has 670 valence electrons. The third-order valence-corrected chi connectivity index (χ3v) is 23.4. The van der Waals surface area contributed by atoms with Crippen LogP contribution in [0.25, 0.3) is 11.0 Å². The molecule has 7 heterocycles. The number of nitrogens with one attached hydrogen (secondary N) is 6. The van der Waals surface area contributed by atoms with Gasteiger partial charge in [-0.15, -0.1) is 0 Å². The van der Waals surface area contributed by atoms with Gasteiger partial charge in [-0.1, -0.05) is 68.3 Å². The lowest BCUT2D eigenvalue weighted by Crippen LogP contribution is -2.53. The van der Waals surface area contributed by atoms with Crippen molar-refractivity contribution >= 4 is 99.5 Å². The highest BCUT2D eigenvalue weighted by Gasteiger charge is 2.64. The summed E-state index contributed by atoms with van der Waals surface area (Å²) in [5.41, 5.74) is 3.93. The van der Waals surface area contributed by atoms with E-state index in [0.717, 1.165) is 40.7 Å². The number of fused-ring (bicyclic) bond motifs is 6. The quantitative estimate of drug-likeness (QED) is 0.00998. The van der Waals surface area contributed by atoms with E-state index in [2.05, 4.69) is 47.5 Å². The van der Waals surface area contributed by atoms with Crippen LogP contribution in [0, 0.1) is 11.8 Å². The molecule has 0 aliphatic carbocycles. The fraction of sp³-hybridized carbons (Fsp3) is 0.609. The van der Waals surface area contributed by atoms with Crippen molar-refractivity contribution in [1.82, 2.24) is 55.7 Å². The van der Waals surface area contributed by atoms with Crippen molar-refractivity contribution < 1.29 is 100 Å². The molecule has 2 unspecified atom stereocenters. The third-order valence-electron chi connectivity index (χ3n) is 23.0. The average Bonchev–Trinajstić information content (AvgIpc) is 1.57. The first-order valence-corrected chi connectivity index (χ1v) is 42.7. The topological polar surface area (TPSA) is 401 Å². The molecule has 4 aromatic rings. The lowest BCUT2D eigenvalue weighted by Gasteiger charge is -2.38. The number of likely N-dealkylation sites (N-methyl/N-ethyl adjacent to an activating group) is 1. The molecule has 122 heavy (non-hydrogen) atoms. The van der Waals surface area contributed by atoms with Crippen LogP contribution in [-0.4, -0.2) is 280 Å². The largest absolute Gasteiger partial charge is 0.495 e. The van der Waals surface area contributed by atoms with Crippen molar-refractivity contribution in [2.75, 3.05) is 131 Å². The monoisotopic (exact) mass is 1720 g/mol. The van der Waals surface area contributed by atoms with E-state index in [4.69, 9.17) is 59.3 Å². The number of nitrogens with zero attached hydrogens (tertiary/aromatic N) is 7. The lowest BCUT2D eigenvalue weighted by atomic mass is 9.85. The molecule has 5 aliphatic rings. The maximum absolute atomic E-state index is 14.6. The van der Waals surface area contributed by atoms with Gasteiger partial charge < -0.3 is 109 Å². The van der Waals surface area contributed by atoms with Crippen molar-refractivity contribution in [3.63, 3.8) is 0 Å². The number of aliphatic carboxylic acids is 1. The number of esters is 1. The molecule has 9 atom stereocenters. The Morgan fingerprint density at radius 3 is 2.18 bits per heavy atom. The summed E-state index contributed by atoms with van der Waals surface area (Å²) in [7, 11) is 6.36. The van der Waals surface area contributed by atoms with Crippen LogP contribution in [0.5, 0.6) is 5.75 Å². The van der Waals surface area contributed by atoms with Crippen LogP contribution < -0.4 is 41.5 Å². The van der Waals surface area contributed by atoms with Crippen molar-refractivity contribution in [2.24, 2.45) is 11.8 Å². The Bertz CT molecular complexity index is 4280. The summed E-state index contributed by atoms with van der Waals surface area (Å²) in [6.07, 6.45) is 7.22. The van der Waals surface area contributed by atoms with E-state index in [0.29, 0.717) is 107 Å². The molecular formula is C87H124ClN13O21. The lowest BCUT2D eigenvalue weighted by molar-refractivity contribution is -0.162. The van der Waals surface area contributed by atoms with Crippen molar-refractivity contribution in [2.45, 2.75) is 212 Å². The van der Waals surface area contributed by atoms with E-state index < -0.39 is 108 Å². The van der Waals surface area contributed by atoms with Crippen LogP contribution in [0.3, 0.4) is 0 Å². The van der Waals surface area contributed by atoms with E-state index in [1.165, 1.54) is 42.7 Å². The molecule has 4 saturated heterocycles. The Balaban J connectivity index is 0.682. The normalized spacial score (nSPS) is 21.2. The first-order chi connectivity index (χ1) is 58.4. The second-order valence-electron chi connectivity index (χ2n) is 32.4. The number of hydrogen-bond donors (Lipinski definition) is 7. The predicted molar refractivity (Wildman–Crippen MR) is 454 cm³/mol. The first kappa shape index (κ1) is 96.0. The first-order valence-electron chi connectivity index (χ1n) is 42.3. The summed E-state index contributed by atoms with van der Waals surface area (Å²) in [6.45, 7) is 17.3. The number of halogens is 1. The standard InChI is InChI=1S/C87H124ClN13O21/c1-55(2)79(95-72(102)29-39-115-43-45-117-41-32-90-63-24-33-98(34-25-63)74(104)28-37-101-67(53-89-8)50-62-16-14-31-91-81(62)101)83(110)92-58(5)82(109)93-64-20-18-60(19-21-64)54-119-86(113)99-35-26-66(27-36-99)100(38-42-118-46-44-116-40-30-77(107)108)75(105)23-22-73(103)96(9)59(6)84(111)121-71-52-76(106)97(10)68-48-61(49-70(114-11)78(68)88)47-56(3)15-12-13-17-65-51-69(120-85(112)94-65)57(4)80-87(71,7)122-80/h12-16,18-21,31,48-50,55,57-59,63,65-66,69,71,79-80,89-90H,17,22-30,32-47,51-54H2,1-11H3,(H,92,110)(H,93,109)(H,94,112)(H,95,102)(H,107,108)/b13-12+,56-15+/t57-,58+,59+,65?,69+,71+,79+,80?,87+/m1/s1. The molecule has 0 radical (unpaired) electrons. The number of aromatic nitrogens is 2. The molecular weight excluding hydrogens is 1600 g/mol. The summed E-state index contributed by atoms with van der Waals surface area (Å²) in [5, 5.41) is 28.2. The molecule has 2 aromatic heterocycles. The van der Waals surface area contributed by atoms with Crippen molar-refractivity contribution in [3.05, 3.63) is 106 Å². The molecule has 0 spiro atoms. The van der Waals surface area contributed by atoms with Gasteiger partial charge >= 0.3 is 24.1 Å². The van der Waals surface area contributed by atoms with Gasteiger partial charge in [-0.05, 0) is 133 Å². The summed E-state index contributed by atoms with van der Waals surface area (Å²) in [5.74, 6) is -4.96. The van der Waals surface area contributed by atoms with E-state index in [1.54, 1.807) is 75.3 Å². The number of epoxide rings is 1. The highest BCUT2D eigenvalue weighted by molar-refractivity contribution is 6.35. The highest BCUT2D eigenvalue weighted by atomic mass is 35.5. The van der Waals surface area contributed by atoms with Gasteiger partial charge in [0.2, 0.25) is 41.4 Å². The number of carboxylic acid groups (broad SMARTS) is 1. The minimum atomic E-state index is -1.26. The minimum absolute atomic E-state index is 0.00136. The maximum atomic E-state index is 14.6. The predicted octanol–water partition coefficient (Wildman–Crippen LogP) is 7.23. The van der Waals surface area contributed by atoms with E-state index in [-0.39, 0.29) is 133 Å². The van der Waals surface area contributed by atoms with E-state index in [9.17, 15) is 52.7 Å². The Morgan fingerprint density at radius 2 is 1.49 bits per heavy atom. The molecule has 2 aromatic carbocycles. The Morgan fingerprint density at radius 1 is 0.811 bits per heavy atom. The van der Waals surface area contributed by atoms with Gasteiger partial charge in [-0.2, -0.15) is 0 Å². The number of carboxylic acids is 1. The number of amides is 9. The number of allylic oxidation sites excluding steroid dienone is 3. The van der Waals surface area contributed by atoms with Crippen molar-refractivity contribution in [1.29, 1.82) is 0 Å². The van der Waals surface area contributed by atoms with Crippen LogP contribution in [0.15, 0.2) is 84.6 Å². The zero-order valence-corrected chi connectivity index (χ0v) is 72.9. The summed E-state index contributed by atoms with van der Waals surface area (Å²) < 4.78 is 54.6. The molecule has 7 N–H and O–H groups in total. The zero-order chi connectivity index (χ0) is 88.2. The Kier molecular flexibility index (Phi) is 37.1. The smallest absolute Gasteiger partial charge is 0.410 e. The average molecular weight is 1720 g/mol. The molecule has 4 bridgehead atoms. The number of anilines is 2.